The van der Waals surface area contributed by atoms with Crippen LogP contribution in [0, 0.1) is 0 Å². The Bertz CT molecular complexity index is 787. The molecule has 1 amide bonds. The van der Waals surface area contributed by atoms with Crippen LogP contribution in [0.25, 0.3) is 11.3 Å². The van der Waals surface area contributed by atoms with Gasteiger partial charge in [-0.15, -0.1) is 0 Å². The molecule has 0 radical (unpaired) electrons. The first kappa shape index (κ1) is 14.8. The summed E-state index contributed by atoms with van der Waals surface area (Å²) in [5, 5.41) is 7.52. The monoisotopic (exact) mass is 328 g/mol. The van der Waals surface area contributed by atoms with E-state index >= 15 is 0 Å². The predicted octanol–water partition coefficient (Wildman–Crippen LogP) is 4.39. The molecule has 3 aromatic rings. The third-order valence-corrected chi connectivity index (χ3v) is 4.13. The molecule has 0 unspecified atom stereocenters. The molecule has 2 heterocycles. The van der Waals surface area contributed by atoms with Gasteiger partial charge in [0.1, 0.15) is 0 Å². The molecular weight excluding hydrogens is 316 g/mol. The average Bonchev–Trinajstić information content (AvgIpc) is 3.07. The van der Waals surface area contributed by atoms with Crippen molar-refractivity contribution in [1.82, 2.24) is 10.3 Å². The molecule has 0 aliphatic rings. The lowest BCUT2D eigenvalue weighted by Crippen LogP contribution is -2.23. The van der Waals surface area contributed by atoms with E-state index in [0.717, 1.165) is 16.8 Å². The summed E-state index contributed by atoms with van der Waals surface area (Å²) in [4.78, 5) is 16.6. The fourth-order valence-electron chi connectivity index (χ4n) is 2.15. The van der Waals surface area contributed by atoms with Gasteiger partial charge in [-0.3, -0.25) is 9.78 Å². The minimum Gasteiger partial charge on any atom is -0.348 e. The lowest BCUT2D eigenvalue weighted by molar-refractivity contribution is 0.0951. The van der Waals surface area contributed by atoms with Crippen LogP contribution in [0.4, 0.5) is 0 Å². The SMILES string of the molecule is O=C(NCc1cccnc1-c1ccsc1)c1cccc(Cl)c1. The highest BCUT2D eigenvalue weighted by Gasteiger charge is 2.09. The zero-order chi connectivity index (χ0) is 15.4. The molecule has 0 aliphatic carbocycles. The second-order valence-electron chi connectivity index (χ2n) is 4.72. The van der Waals surface area contributed by atoms with Gasteiger partial charge in [-0.05, 0) is 41.3 Å². The number of pyridine rings is 1. The van der Waals surface area contributed by atoms with Crippen LogP contribution in [0.5, 0.6) is 0 Å². The summed E-state index contributed by atoms with van der Waals surface area (Å²) in [7, 11) is 0. The lowest BCUT2D eigenvalue weighted by Gasteiger charge is -2.09. The first-order valence-electron chi connectivity index (χ1n) is 6.74. The number of hydrogen-bond donors (Lipinski definition) is 1. The Labute approximate surface area is 137 Å². The van der Waals surface area contributed by atoms with Crippen molar-refractivity contribution in [3.63, 3.8) is 0 Å². The van der Waals surface area contributed by atoms with E-state index in [1.54, 1.807) is 41.8 Å². The van der Waals surface area contributed by atoms with Gasteiger partial charge in [0, 0.05) is 34.3 Å². The molecule has 22 heavy (non-hydrogen) atoms. The van der Waals surface area contributed by atoms with Crippen molar-refractivity contribution >= 4 is 28.8 Å². The molecule has 2 aromatic heterocycles. The highest BCUT2D eigenvalue weighted by Crippen LogP contribution is 2.23. The van der Waals surface area contributed by atoms with Crippen LogP contribution < -0.4 is 5.32 Å². The van der Waals surface area contributed by atoms with Gasteiger partial charge in [-0.1, -0.05) is 23.7 Å². The Kier molecular flexibility index (Phi) is 4.51. The van der Waals surface area contributed by atoms with E-state index < -0.39 is 0 Å². The van der Waals surface area contributed by atoms with Crippen LogP contribution in [0.2, 0.25) is 5.02 Å². The molecule has 0 saturated heterocycles. The molecule has 3 rings (SSSR count). The molecule has 5 heteroatoms. The second kappa shape index (κ2) is 6.73. The number of hydrogen-bond acceptors (Lipinski definition) is 3. The smallest absolute Gasteiger partial charge is 0.251 e. The second-order valence-corrected chi connectivity index (χ2v) is 5.93. The van der Waals surface area contributed by atoms with E-state index in [2.05, 4.69) is 10.3 Å². The van der Waals surface area contributed by atoms with E-state index in [1.165, 1.54) is 0 Å². The predicted molar refractivity (Wildman–Crippen MR) is 90.2 cm³/mol. The molecule has 1 aromatic carbocycles. The van der Waals surface area contributed by atoms with E-state index in [-0.39, 0.29) is 5.91 Å². The zero-order valence-corrected chi connectivity index (χ0v) is 13.2. The number of nitrogens with zero attached hydrogens (tertiary/aromatic N) is 1. The standard InChI is InChI=1S/C17H13ClN2OS/c18-15-5-1-3-12(9-15)17(21)20-10-13-4-2-7-19-16(13)14-6-8-22-11-14/h1-9,11H,10H2,(H,20,21). The molecule has 0 saturated carbocycles. The van der Waals surface area contributed by atoms with Crippen LogP contribution in [0.1, 0.15) is 15.9 Å². The number of carbonyl (C=O) groups excluding carboxylic acids is 1. The van der Waals surface area contributed by atoms with Crippen LogP contribution in [-0.2, 0) is 6.54 Å². The van der Waals surface area contributed by atoms with Gasteiger partial charge in [0.05, 0.1) is 5.69 Å². The minimum atomic E-state index is -0.150. The zero-order valence-electron chi connectivity index (χ0n) is 11.6. The number of halogens is 1. The largest absolute Gasteiger partial charge is 0.348 e. The van der Waals surface area contributed by atoms with Gasteiger partial charge in [-0.2, -0.15) is 11.3 Å². The number of thiophene rings is 1. The number of amides is 1. The van der Waals surface area contributed by atoms with E-state index in [4.69, 9.17) is 11.6 Å². The molecule has 0 bridgehead atoms. The van der Waals surface area contributed by atoms with Gasteiger partial charge in [-0.25, -0.2) is 0 Å². The van der Waals surface area contributed by atoms with Crippen LogP contribution in [0.15, 0.2) is 59.4 Å². The van der Waals surface area contributed by atoms with Gasteiger partial charge in [0.2, 0.25) is 0 Å². The summed E-state index contributed by atoms with van der Waals surface area (Å²) >= 11 is 7.53. The summed E-state index contributed by atoms with van der Waals surface area (Å²) in [6.07, 6.45) is 1.76. The first-order valence-corrected chi connectivity index (χ1v) is 8.06. The topological polar surface area (TPSA) is 42.0 Å². The Morgan fingerprint density at radius 3 is 2.91 bits per heavy atom. The first-order chi connectivity index (χ1) is 10.7. The maximum Gasteiger partial charge on any atom is 0.251 e. The Balaban J connectivity index is 1.76. The van der Waals surface area contributed by atoms with Crippen molar-refractivity contribution in [3.05, 3.63) is 75.6 Å². The van der Waals surface area contributed by atoms with Crippen molar-refractivity contribution in [3.8, 4) is 11.3 Å². The Morgan fingerprint density at radius 1 is 1.23 bits per heavy atom. The van der Waals surface area contributed by atoms with Gasteiger partial charge < -0.3 is 5.32 Å². The molecule has 110 valence electrons. The van der Waals surface area contributed by atoms with Crippen molar-refractivity contribution < 1.29 is 4.79 Å². The molecule has 0 spiro atoms. The molecular formula is C17H13ClN2OS. The van der Waals surface area contributed by atoms with Crippen LogP contribution in [0.3, 0.4) is 0 Å². The van der Waals surface area contributed by atoms with E-state index in [0.29, 0.717) is 17.1 Å². The van der Waals surface area contributed by atoms with E-state index in [1.807, 2.05) is 29.0 Å². The molecule has 1 N–H and O–H groups in total. The molecule has 0 atom stereocenters. The number of carbonyl (C=O) groups is 1. The molecule has 0 aliphatic heterocycles. The fraction of sp³-hybridized carbons (Fsp3) is 0.0588. The fourth-order valence-corrected chi connectivity index (χ4v) is 2.98. The third-order valence-electron chi connectivity index (χ3n) is 3.21. The summed E-state index contributed by atoms with van der Waals surface area (Å²) in [5.74, 6) is -0.150. The summed E-state index contributed by atoms with van der Waals surface area (Å²) in [5.41, 5.74) is 3.50. The van der Waals surface area contributed by atoms with Gasteiger partial charge in [0.15, 0.2) is 0 Å². The molecule has 0 fully saturated rings. The quantitative estimate of drug-likeness (QED) is 0.771. The summed E-state index contributed by atoms with van der Waals surface area (Å²) in [6, 6.07) is 12.8. The highest BCUT2D eigenvalue weighted by atomic mass is 35.5. The van der Waals surface area contributed by atoms with Gasteiger partial charge >= 0.3 is 0 Å². The normalized spacial score (nSPS) is 10.4. The maximum atomic E-state index is 12.2. The Hall–Kier alpha value is -2.17. The van der Waals surface area contributed by atoms with Crippen molar-refractivity contribution in [1.29, 1.82) is 0 Å². The third kappa shape index (κ3) is 3.35. The van der Waals surface area contributed by atoms with Crippen LogP contribution >= 0.6 is 22.9 Å². The maximum absolute atomic E-state index is 12.2. The lowest BCUT2D eigenvalue weighted by atomic mass is 10.1. The van der Waals surface area contributed by atoms with E-state index in [9.17, 15) is 4.79 Å². The summed E-state index contributed by atoms with van der Waals surface area (Å²) in [6.45, 7) is 0.421. The van der Waals surface area contributed by atoms with Crippen molar-refractivity contribution in [2.45, 2.75) is 6.54 Å². The summed E-state index contributed by atoms with van der Waals surface area (Å²) < 4.78 is 0. The number of rotatable bonds is 4. The highest BCUT2D eigenvalue weighted by molar-refractivity contribution is 7.08. The van der Waals surface area contributed by atoms with Crippen molar-refractivity contribution in [2.24, 2.45) is 0 Å². The van der Waals surface area contributed by atoms with Crippen LogP contribution in [-0.4, -0.2) is 10.9 Å². The minimum absolute atomic E-state index is 0.150. The Morgan fingerprint density at radius 2 is 2.14 bits per heavy atom. The van der Waals surface area contributed by atoms with Crippen molar-refractivity contribution in [2.75, 3.05) is 0 Å². The number of benzene rings is 1. The number of aromatic nitrogens is 1. The average molecular weight is 329 g/mol. The number of nitrogens with one attached hydrogen (secondary N) is 1. The molecule has 3 nitrogen and oxygen atoms in total. The van der Waals surface area contributed by atoms with Gasteiger partial charge in [0.25, 0.3) is 5.91 Å².